The Morgan fingerprint density at radius 1 is 0.500 bits per heavy atom. The predicted octanol–water partition coefficient (Wildman–Crippen LogP) is 11.4. The van der Waals surface area contributed by atoms with Crippen molar-refractivity contribution in [2.24, 2.45) is 0 Å². The Bertz CT molecular complexity index is 4850. The van der Waals surface area contributed by atoms with E-state index in [2.05, 4.69) is 89.5 Å². The second-order valence-electron chi connectivity index (χ2n) is 21.2. The molecule has 1 atom stereocenters. The number of hydrogen-bond acceptors (Lipinski definition) is 15. The van der Waals surface area contributed by atoms with Gasteiger partial charge in [0.2, 0.25) is 0 Å². The van der Waals surface area contributed by atoms with Crippen LogP contribution < -0.4 is 14.2 Å². The molecule has 13 aromatic rings. The molecule has 0 spiro atoms. The first-order valence-corrected chi connectivity index (χ1v) is 27.6. The molecule has 0 saturated carbocycles. The number of rotatable bonds is 11. The molecule has 402 valence electrons. The number of pyridine rings is 6. The van der Waals surface area contributed by atoms with Gasteiger partial charge >= 0.3 is 18.0 Å². The zero-order chi connectivity index (χ0) is 55.2. The lowest BCUT2D eigenvalue weighted by molar-refractivity contribution is 0.274. The summed E-state index contributed by atoms with van der Waals surface area (Å²) in [5, 5.41) is 3.91. The molecule has 0 radical (unpaired) electrons. The summed E-state index contributed by atoms with van der Waals surface area (Å²) in [6.07, 6.45) is 20.3. The molecule has 18 nitrogen and oxygen atoms in total. The fraction of sp³-hybridized carbons (Fsp3) is 0.219. The number of benzene rings is 1. The summed E-state index contributed by atoms with van der Waals surface area (Å²) in [4.78, 5) is 58.5. The number of aryl methyl sites for hydroxylation is 6. The van der Waals surface area contributed by atoms with Crippen LogP contribution in [-0.2, 0) is 39.1 Å². The lowest BCUT2D eigenvalue weighted by Gasteiger charge is -2.10. The summed E-state index contributed by atoms with van der Waals surface area (Å²) in [6, 6.07) is 27.4. The molecule has 12 aromatic heterocycles. The number of fused-ring (bicyclic) bond motifs is 12. The first kappa shape index (κ1) is 49.0. The number of hydrogen-bond donors (Lipinski definition) is 0. The van der Waals surface area contributed by atoms with E-state index in [0.29, 0.717) is 18.0 Å². The molecule has 0 N–H and O–H groups in total. The summed E-state index contributed by atoms with van der Waals surface area (Å²) in [5.41, 5.74) is 20.1. The number of aromatic nitrogens is 15. The fourth-order valence-electron chi connectivity index (χ4n) is 11.7. The van der Waals surface area contributed by atoms with Crippen molar-refractivity contribution in [1.29, 1.82) is 0 Å². The first-order valence-electron chi connectivity index (χ1n) is 27.6. The van der Waals surface area contributed by atoms with Crippen LogP contribution in [-0.4, -0.2) is 73.0 Å². The minimum Gasteiger partial charge on any atom is -0.457 e. The van der Waals surface area contributed by atoms with Gasteiger partial charge in [-0.15, -0.1) is 0 Å². The van der Waals surface area contributed by atoms with E-state index in [-0.39, 0.29) is 25.7 Å². The number of para-hydroxylation sites is 1. The largest absolute Gasteiger partial charge is 0.457 e. The van der Waals surface area contributed by atoms with Crippen molar-refractivity contribution in [2.45, 2.75) is 92.5 Å². The van der Waals surface area contributed by atoms with Gasteiger partial charge in [0.25, 0.3) is 0 Å². The molecule has 18 heteroatoms. The van der Waals surface area contributed by atoms with Crippen LogP contribution in [0.3, 0.4) is 0 Å². The molecule has 1 aromatic carbocycles. The monoisotopic (exact) mass is 1080 g/mol. The lowest BCUT2D eigenvalue weighted by atomic mass is 10.0. The lowest BCUT2D eigenvalue weighted by Crippen LogP contribution is -2.05. The molecule has 0 bridgehead atoms. The minimum absolute atomic E-state index is 0.146. The maximum atomic E-state index is 6.37. The van der Waals surface area contributed by atoms with E-state index < -0.39 is 0 Å². The van der Waals surface area contributed by atoms with Gasteiger partial charge in [0.1, 0.15) is 36.8 Å². The molecule has 2 aliphatic rings. The Kier molecular flexibility index (Phi) is 11.7. The van der Waals surface area contributed by atoms with Crippen LogP contribution >= 0.6 is 0 Å². The average Bonchev–Trinajstić information content (AvgIpc) is 4.38. The van der Waals surface area contributed by atoms with Crippen LogP contribution in [0.4, 0.5) is 0 Å². The van der Waals surface area contributed by atoms with Crippen molar-refractivity contribution in [1.82, 2.24) is 73.0 Å². The Balaban J connectivity index is 0.617. The fourth-order valence-corrected chi connectivity index (χ4v) is 11.7. The third kappa shape index (κ3) is 8.56. The van der Waals surface area contributed by atoms with E-state index in [1.165, 1.54) is 0 Å². The number of nitrogens with zero attached hydrogens (tertiary/aromatic N) is 15. The summed E-state index contributed by atoms with van der Waals surface area (Å²) in [6.45, 7) is 10.9. The molecular formula is C64H53N15O3. The van der Waals surface area contributed by atoms with Crippen molar-refractivity contribution in [3.8, 4) is 18.0 Å². The molecule has 15 rings (SSSR count). The molecule has 0 amide bonds. The molecule has 82 heavy (non-hydrogen) atoms. The molecule has 12 heterocycles. The molecule has 2 aliphatic carbocycles. The highest BCUT2D eigenvalue weighted by molar-refractivity contribution is 5.94. The van der Waals surface area contributed by atoms with E-state index in [9.17, 15) is 0 Å². The highest BCUT2D eigenvalue weighted by atomic mass is 16.5. The van der Waals surface area contributed by atoms with E-state index in [4.69, 9.17) is 54.1 Å². The van der Waals surface area contributed by atoms with Crippen molar-refractivity contribution in [3.63, 3.8) is 0 Å². The van der Waals surface area contributed by atoms with Gasteiger partial charge in [-0.1, -0.05) is 30.4 Å². The standard InChI is InChI=1S/C64H53N15O3/c1-35-43-13-8-9-15-52(43)75-63(67-35)81-33-57-38(4)79-28-24-54-46(61(79)72-57)18-21-50(70-54)42-29-47-36(2)68-64(76-55(47)30-42)82-34-58-39(5)78-27-23-53-45(60(78)73-58)17-20-48(69-53)40-11-6-7-12-41-31-66-62(74-49(41)19-16-40)80-32-56-37(3)77-26-22-51-44(59(77)71-56)14-10-25-65-51/h8-11,13-28,31,42H,6-7,12,29-30,32-34H2,1-5H3/b19-16-,40-11-. The maximum Gasteiger partial charge on any atom is 0.317 e. The van der Waals surface area contributed by atoms with E-state index in [1.54, 1.807) is 6.20 Å². The van der Waals surface area contributed by atoms with Gasteiger partial charge in [0, 0.05) is 86.9 Å². The zero-order valence-corrected chi connectivity index (χ0v) is 45.8. The molecule has 0 fully saturated rings. The van der Waals surface area contributed by atoms with E-state index >= 15 is 0 Å². The Labute approximate surface area is 469 Å². The molecule has 1 unspecified atom stereocenters. The Hall–Kier alpha value is -10.1. The van der Waals surface area contributed by atoms with Gasteiger partial charge in [-0.2, -0.15) is 19.9 Å². The smallest absolute Gasteiger partial charge is 0.317 e. The predicted molar refractivity (Wildman–Crippen MR) is 312 cm³/mol. The van der Waals surface area contributed by atoms with Gasteiger partial charge in [-0.3, -0.25) is 9.97 Å². The van der Waals surface area contributed by atoms with Crippen molar-refractivity contribution in [2.75, 3.05) is 0 Å². The van der Waals surface area contributed by atoms with Gasteiger partial charge < -0.3 is 27.4 Å². The van der Waals surface area contributed by atoms with Crippen LogP contribution in [0, 0.1) is 34.6 Å². The number of imidazole rings is 3. The summed E-state index contributed by atoms with van der Waals surface area (Å²) >= 11 is 0. The summed E-state index contributed by atoms with van der Waals surface area (Å²) in [5.74, 6) is 0.146. The quantitative estimate of drug-likeness (QED) is 0.119. The highest BCUT2D eigenvalue weighted by Crippen LogP contribution is 2.36. The third-order valence-electron chi connectivity index (χ3n) is 16.3. The van der Waals surface area contributed by atoms with Crippen LogP contribution in [0.25, 0.3) is 72.2 Å². The summed E-state index contributed by atoms with van der Waals surface area (Å²) < 4.78 is 24.9. The van der Waals surface area contributed by atoms with Crippen LogP contribution in [0.2, 0.25) is 0 Å². The Morgan fingerprint density at radius 2 is 1.11 bits per heavy atom. The highest BCUT2D eigenvalue weighted by Gasteiger charge is 2.29. The second kappa shape index (κ2) is 19.6. The molecule has 0 saturated heterocycles. The molecular weight excluding hydrogens is 1030 g/mol. The van der Waals surface area contributed by atoms with Crippen molar-refractivity contribution in [3.05, 3.63) is 201 Å². The Morgan fingerprint density at radius 3 is 1.84 bits per heavy atom. The van der Waals surface area contributed by atoms with E-state index in [0.717, 1.165) is 178 Å². The van der Waals surface area contributed by atoms with E-state index in [1.807, 2.05) is 100 Å². The van der Waals surface area contributed by atoms with Crippen molar-refractivity contribution < 1.29 is 14.2 Å². The van der Waals surface area contributed by atoms with Crippen LogP contribution in [0.5, 0.6) is 18.0 Å². The SMILES string of the molecule is Cc1nc(OCc2nc3c4ccc(C5=C\CCCc6cnc(OCc7nc8c9cccnc9ccn8c7C)nc6/C=C\5)nc4ccn3c2C)nc2c1CC(c1ccc3c(ccn4c(C)c(COc5nc(C)c6ccccc6n5)nc34)n1)C2. The van der Waals surface area contributed by atoms with Crippen LogP contribution in [0.15, 0.2) is 122 Å². The number of ether oxygens (including phenoxy) is 3. The molecule has 0 aliphatic heterocycles. The van der Waals surface area contributed by atoms with Crippen LogP contribution in [0.1, 0.15) is 98.2 Å². The van der Waals surface area contributed by atoms with Crippen molar-refractivity contribution >= 4 is 72.2 Å². The average molecular weight is 1080 g/mol. The maximum absolute atomic E-state index is 6.37. The van der Waals surface area contributed by atoms with Gasteiger partial charge in [0.15, 0.2) is 0 Å². The normalized spacial score (nSPS) is 15.5. The minimum atomic E-state index is 0.146. The van der Waals surface area contributed by atoms with Gasteiger partial charge in [-0.05, 0) is 150 Å². The van der Waals surface area contributed by atoms with Gasteiger partial charge in [-0.25, -0.2) is 29.9 Å². The third-order valence-corrected chi connectivity index (χ3v) is 16.3. The first-order chi connectivity index (χ1) is 40.1. The number of allylic oxidation sites excluding steroid dienone is 3. The second-order valence-corrected chi connectivity index (χ2v) is 21.2. The summed E-state index contributed by atoms with van der Waals surface area (Å²) in [7, 11) is 0. The zero-order valence-electron chi connectivity index (χ0n) is 45.8. The topological polar surface area (TPSA) is 196 Å². The van der Waals surface area contributed by atoms with Gasteiger partial charge in [0.05, 0.1) is 61.9 Å².